The van der Waals surface area contributed by atoms with Crippen LogP contribution in [-0.4, -0.2) is 52.6 Å². The van der Waals surface area contributed by atoms with Crippen LogP contribution in [0.4, 0.5) is 10.5 Å². The third kappa shape index (κ3) is 4.84. The van der Waals surface area contributed by atoms with E-state index in [1.54, 1.807) is 35.4 Å². The van der Waals surface area contributed by atoms with Crippen molar-refractivity contribution < 1.29 is 14.3 Å². The maximum atomic E-state index is 13.0. The van der Waals surface area contributed by atoms with Crippen molar-refractivity contribution in [3.05, 3.63) is 81.9 Å². The first-order chi connectivity index (χ1) is 15.4. The number of nitrogens with zero attached hydrogens (tertiary/aromatic N) is 3. The van der Waals surface area contributed by atoms with E-state index in [1.165, 1.54) is 0 Å². The van der Waals surface area contributed by atoms with Crippen LogP contribution < -0.4 is 5.32 Å². The number of anilines is 1. The second-order valence-corrected chi connectivity index (χ2v) is 8.24. The molecular formula is C24H25ClN4O3. The Bertz CT molecular complexity index is 1120. The van der Waals surface area contributed by atoms with Crippen molar-refractivity contribution in [1.29, 1.82) is 0 Å². The van der Waals surface area contributed by atoms with E-state index in [2.05, 4.69) is 10.3 Å². The van der Waals surface area contributed by atoms with Gasteiger partial charge in [0.2, 0.25) is 5.78 Å². The van der Waals surface area contributed by atoms with Gasteiger partial charge in [0.1, 0.15) is 0 Å². The minimum absolute atomic E-state index is 0.0398. The predicted molar refractivity (Wildman–Crippen MR) is 123 cm³/mol. The molecule has 1 saturated heterocycles. The predicted octanol–water partition coefficient (Wildman–Crippen LogP) is 4.07. The van der Waals surface area contributed by atoms with Gasteiger partial charge in [0.05, 0.1) is 30.8 Å². The Morgan fingerprint density at radius 1 is 1.12 bits per heavy atom. The summed E-state index contributed by atoms with van der Waals surface area (Å²) in [7, 11) is 1.89. The molecule has 0 spiro atoms. The van der Waals surface area contributed by atoms with Gasteiger partial charge >= 0.3 is 6.03 Å². The fourth-order valence-corrected chi connectivity index (χ4v) is 3.95. The van der Waals surface area contributed by atoms with E-state index in [-0.39, 0.29) is 11.8 Å². The molecule has 0 aliphatic carbocycles. The van der Waals surface area contributed by atoms with E-state index in [4.69, 9.17) is 16.3 Å². The Balaban J connectivity index is 1.45. The van der Waals surface area contributed by atoms with Crippen LogP contribution in [0.25, 0.3) is 0 Å². The van der Waals surface area contributed by atoms with Crippen LogP contribution in [0.1, 0.15) is 33.0 Å². The summed E-state index contributed by atoms with van der Waals surface area (Å²) >= 11 is 5.94. The molecule has 7 nitrogen and oxygen atoms in total. The van der Waals surface area contributed by atoms with Crippen LogP contribution >= 0.6 is 11.6 Å². The second-order valence-electron chi connectivity index (χ2n) is 7.81. The monoisotopic (exact) mass is 452 g/mol. The van der Waals surface area contributed by atoms with Crippen LogP contribution in [0.3, 0.4) is 0 Å². The summed E-state index contributed by atoms with van der Waals surface area (Å²) in [6.07, 6.45) is 2.23. The Morgan fingerprint density at radius 3 is 2.50 bits per heavy atom. The number of halogens is 1. The van der Waals surface area contributed by atoms with Gasteiger partial charge in [-0.2, -0.15) is 0 Å². The molecule has 0 atom stereocenters. The molecule has 2 aromatic heterocycles. The molecule has 1 N–H and O–H groups in total. The van der Waals surface area contributed by atoms with Crippen molar-refractivity contribution in [1.82, 2.24) is 14.5 Å². The normalized spacial score (nSPS) is 13.8. The highest BCUT2D eigenvalue weighted by Gasteiger charge is 2.19. The lowest BCUT2D eigenvalue weighted by Crippen LogP contribution is -2.43. The molecular weight excluding hydrogens is 428 g/mol. The number of nitrogens with one attached hydrogen (secondary N) is 1. The van der Waals surface area contributed by atoms with Gasteiger partial charge in [-0.25, -0.2) is 4.79 Å². The summed E-state index contributed by atoms with van der Waals surface area (Å²) in [4.78, 5) is 31.5. The molecule has 1 aliphatic heterocycles. The minimum atomic E-state index is -0.147. The number of ketones is 1. The molecule has 2 amide bonds. The smallest absolute Gasteiger partial charge is 0.322 e. The molecule has 32 heavy (non-hydrogen) atoms. The van der Waals surface area contributed by atoms with Crippen LogP contribution in [0.2, 0.25) is 5.02 Å². The third-order valence-corrected chi connectivity index (χ3v) is 5.83. The number of hydrogen-bond acceptors (Lipinski definition) is 4. The highest BCUT2D eigenvalue weighted by molar-refractivity contribution is 6.30. The number of rotatable bonds is 5. The first kappa shape index (κ1) is 22.0. The Labute approximate surface area is 192 Å². The zero-order chi connectivity index (χ0) is 22.7. The quantitative estimate of drug-likeness (QED) is 0.592. The van der Waals surface area contributed by atoms with E-state index >= 15 is 0 Å². The van der Waals surface area contributed by atoms with Crippen LogP contribution in [0.15, 0.2) is 48.7 Å². The molecule has 3 aromatic rings. The summed E-state index contributed by atoms with van der Waals surface area (Å²) in [6, 6.07) is 12.5. The molecule has 0 radical (unpaired) electrons. The molecule has 0 bridgehead atoms. The largest absolute Gasteiger partial charge is 0.378 e. The van der Waals surface area contributed by atoms with Gasteiger partial charge in [0.15, 0.2) is 0 Å². The van der Waals surface area contributed by atoms with E-state index in [0.717, 1.165) is 17.0 Å². The molecule has 8 heteroatoms. The molecule has 1 fully saturated rings. The van der Waals surface area contributed by atoms with Crippen molar-refractivity contribution in [2.45, 2.75) is 13.3 Å². The standard InChI is InChI=1S/C24H25ClN4O3/c1-16-13-21(28(2)22(16)23(30)17-3-5-18(25)6-4-17)14-19-7-8-20(15-26-19)27-24(31)29-9-11-32-12-10-29/h3-8,13,15H,9-12,14H2,1-2H3,(H,27,31). The highest BCUT2D eigenvalue weighted by atomic mass is 35.5. The molecule has 1 aromatic carbocycles. The number of carbonyl (C=O) groups is 2. The van der Waals surface area contributed by atoms with Crippen molar-refractivity contribution in [2.24, 2.45) is 7.05 Å². The summed E-state index contributed by atoms with van der Waals surface area (Å²) < 4.78 is 7.19. The number of pyridine rings is 1. The summed E-state index contributed by atoms with van der Waals surface area (Å²) in [5.41, 5.74) is 4.64. The average molecular weight is 453 g/mol. The molecule has 4 rings (SSSR count). The topological polar surface area (TPSA) is 76.5 Å². The average Bonchev–Trinajstić information content (AvgIpc) is 3.08. The number of urea groups is 1. The maximum absolute atomic E-state index is 13.0. The summed E-state index contributed by atoms with van der Waals surface area (Å²) in [5, 5.41) is 3.47. The lowest BCUT2D eigenvalue weighted by Gasteiger charge is -2.26. The Morgan fingerprint density at radius 2 is 1.84 bits per heavy atom. The van der Waals surface area contributed by atoms with Crippen LogP contribution in [-0.2, 0) is 18.2 Å². The van der Waals surface area contributed by atoms with Gasteiger partial charge in [-0.1, -0.05) is 11.6 Å². The van der Waals surface area contributed by atoms with Gasteiger partial charge < -0.3 is 19.5 Å². The van der Waals surface area contributed by atoms with Gasteiger partial charge in [-0.3, -0.25) is 9.78 Å². The Hall–Kier alpha value is -3.16. The molecule has 0 saturated carbocycles. The van der Waals surface area contributed by atoms with E-state index < -0.39 is 0 Å². The molecule has 0 unspecified atom stereocenters. The van der Waals surface area contributed by atoms with E-state index in [9.17, 15) is 9.59 Å². The van der Waals surface area contributed by atoms with E-state index in [1.807, 2.05) is 36.7 Å². The lowest BCUT2D eigenvalue weighted by molar-refractivity contribution is 0.0564. The van der Waals surface area contributed by atoms with Gasteiger partial charge in [0.25, 0.3) is 0 Å². The lowest BCUT2D eigenvalue weighted by atomic mass is 10.1. The highest BCUT2D eigenvalue weighted by Crippen LogP contribution is 2.21. The van der Waals surface area contributed by atoms with Crippen LogP contribution in [0, 0.1) is 6.92 Å². The van der Waals surface area contributed by atoms with Crippen molar-refractivity contribution in [2.75, 3.05) is 31.6 Å². The number of carbonyl (C=O) groups excluding carboxylic acids is 2. The first-order valence-electron chi connectivity index (χ1n) is 10.5. The van der Waals surface area contributed by atoms with Crippen molar-refractivity contribution >= 4 is 29.1 Å². The van der Waals surface area contributed by atoms with Gasteiger partial charge in [-0.15, -0.1) is 0 Å². The number of amides is 2. The number of benzene rings is 1. The molecule has 1 aliphatic rings. The van der Waals surface area contributed by atoms with Crippen LogP contribution in [0.5, 0.6) is 0 Å². The minimum Gasteiger partial charge on any atom is -0.378 e. The number of ether oxygens (including phenoxy) is 1. The Kier molecular flexibility index (Phi) is 6.58. The number of aromatic nitrogens is 2. The fourth-order valence-electron chi connectivity index (χ4n) is 3.82. The molecule has 166 valence electrons. The number of aryl methyl sites for hydroxylation is 1. The van der Waals surface area contributed by atoms with Gasteiger partial charge in [0, 0.05) is 48.5 Å². The zero-order valence-corrected chi connectivity index (χ0v) is 18.9. The van der Waals surface area contributed by atoms with Crippen molar-refractivity contribution in [3.63, 3.8) is 0 Å². The maximum Gasteiger partial charge on any atom is 0.322 e. The van der Waals surface area contributed by atoms with Gasteiger partial charge in [-0.05, 0) is 55.0 Å². The molecule has 3 heterocycles. The zero-order valence-electron chi connectivity index (χ0n) is 18.1. The fraction of sp³-hybridized carbons (Fsp3) is 0.292. The summed E-state index contributed by atoms with van der Waals surface area (Å²) in [6.45, 7) is 4.22. The van der Waals surface area contributed by atoms with E-state index in [0.29, 0.717) is 54.7 Å². The first-order valence-corrected chi connectivity index (χ1v) is 10.8. The van der Waals surface area contributed by atoms with Crippen molar-refractivity contribution in [3.8, 4) is 0 Å². The summed E-state index contributed by atoms with van der Waals surface area (Å²) in [5.74, 6) is -0.0398. The number of hydrogen-bond donors (Lipinski definition) is 1. The SMILES string of the molecule is Cc1cc(Cc2ccc(NC(=O)N3CCOCC3)cn2)n(C)c1C(=O)c1ccc(Cl)cc1. The third-order valence-electron chi connectivity index (χ3n) is 5.58. The number of morpholine rings is 1. The second kappa shape index (κ2) is 9.54.